The molecule has 14 heavy (non-hydrogen) atoms. The van der Waals surface area contributed by atoms with Crippen molar-refractivity contribution in [3.63, 3.8) is 0 Å². The summed E-state index contributed by atoms with van der Waals surface area (Å²) >= 11 is 0. The summed E-state index contributed by atoms with van der Waals surface area (Å²) in [6.07, 6.45) is 1.63. The number of carbonyl (C=O) groups excluding carboxylic acids is 1. The molecule has 0 saturated carbocycles. The van der Waals surface area contributed by atoms with Gasteiger partial charge in [0, 0.05) is 26.3 Å². The summed E-state index contributed by atoms with van der Waals surface area (Å²) in [5, 5.41) is 4.01. The minimum Gasteiger partial charge on any atom is -0.396 e. The lowest BCUT2D eigenvalue weighted by atomic mass is 10.3. The molecule has 1 heterocycles. The van der Waals surface area contributed by atoms with Gasteiger partial charge in [-0.25, -0.2) is 0 Å². The summed E-state index contributed by atoms with van der Waals surface area (Å²) in [7, 11) is 3.48. The van der Waals surface area contributed by atoms with E-state index in [1.54, 1.807) is 25.2 Å². The van der Waals surface area contributed by atoms with Gasteiger partial charge in [0.2, 0.25) is 0 Å². The van der Waals surface area contributed by atoms with Crippen LogP contribution in [0.2, 0.25) is 0 Å². The maximum absolute atomic E-state index is 11.8. The molecular formula is C9H16N4O. The number of hydrogen-bond donors (Lipinski definition) is 1. The van der Waals surface area contributed by atoms with Gasteiger partial charge in [0.25, 0.3) is 5.91 Å². The SMILES string of the molecule is CC(C)N(C)C(=O)c1nn(C)cc1N. The zero-order valence-electron chi connectivity index (χ0n) is 8.98. The van der Waals surface area contributed by atoms with Crippen molar-refractivity contribution in [1.82, 2.24) is 14.7 Å². The average Bonchev–Trinajstić information content (AvgIpc) is 2.42. The van der Waals surface area contributed by atoms with Crippen molar-refractivity contribution in [2.75, 3.05) is 12.8 Å². The van der Waals surface area contributed by atoms with Crippen molar-refractivity contribution >= 4 is 11.6 Å². The number of nitrogens with zero attached hydrogens (tertiary/aromatic N) is 3. The molecule has 1 aromatic heterocycles. The third-order valence-corrected chi connectivity index (χ3v) is 2.15. The van der Waals surface area contributed by atoms with Crippen LogP contribution in [0.1, 0.15) is 24.3 Å². The van der Waals surface area contributed by atoms with Gasteiger partial charge in [0.15, 0.2) is 5.69 Å². The van der Waals surface area contributed by atoms with Crippen molar-refractivity contribution in [2.45, 2.75) is 19.9 Å². The summed E-state index contributed by atoms with van der Waals surface area (Å²) < 4.78 is 1.54. The quantitative estimate of drug-likeness (QED) is 0.748. The van der Waals surface area contributed by atoms with E-state index >= 15 is 0 Å². The van der Waals surface area contributed by atoms with Crippen LogP contribution in [0.4, 0.5) is 5.69 Å². The number of rotatable bonds is 2. The minimum atomic E-state index is -0.141. The first-order chi connectivity index (χ1) is 6.43. The van der Waals surface area contributed by atoms with E-state index in [-0.39, 0.29) is 11.9 Å². The number of amides is 1. The summed E-state index contributed by atoms with van der Waals surface area (Å²) in [4.78, 5) is 13.4. The molecule has 0 spiro atoms. The second-order valence-electron chi connectivity index (χ2n) is 3.62. The molecular weight excluding hydrogens is 180 g/mol. The van der Waals surface area contributed by atoms with Crippen LogP contribution < -0.4 is 5.73 Å². The molecule has 0 fully saturated rings. The Labute approximate surface area is 83.5 Å². The predicted molar refractivity (Wildman–Crippen MR) is 54.8 cm³/mol. The zero-order chi connectivity index (χ0) is 10.9. The van der Waals surface area contributed by atoms with Gasteiger partial charge in [-0.15, -0.1) is 0 Å². The Hall–Kier alpha value is -1.52. The third kappa shape index (κ3) is 1.86. The van der Waals surface area contributed by atoms with E-state index in [4.69, 9.17) is 5.73 Å². The van der Waals surface area contributed by atoms with E-state index < -0.39 is 0 Å². The van der Waals surface area contributed by atoms with Crippen molar-refractivity contribution in [2.24, 2.45) is 7.05 Å². The van der Waals surface area contributed by atoms with E-state index in [1.807, 2.05) is 13.8 Å². The van der Waals surface area contributed by atoms with E-state index in [0.717, 1.165) is 0 Å². The molecule has 5 heteroatoms. The lowest BCUT2D eigenvalue weighted by Gasteiger charge is -2.20. The second kappa shape index (κ2) is 3.69. The number of aromatic nitrogens is 2. The Balaban J connectivity index is 2.95. The maximum atomic E-state index is 11.8. The first-order valence-electron chi connectivity index (χ1n) is 4.49. The number of nitrogens with two attached hydrogens (primary N) is 1. The van der Waals surface area contributed by atoms with Crippen LogP contribution in [0.25, 0.3) is 0 Å². The molecule has 5 nitrogen and oxygen atoms in total. The van der Waals surface area contributed by atoms with Gasteiger partial charge in [0.1, 0.15) is 0 Å². The Morgan fingerprint density at radius 1 is 1.64 bits per heavy atom. The highest BCUT2D eigenvalue weighted by Crippen LogP contribution is 2.11. The van der Waals surface area contributed by atoms with Gasteiger partial charge >= 0.3 is 0 Å². The number of aryl methyl sites for hydroxylation is 1. The molecule has 1 aromatic rings. The highest BCUT2D eigenvalue weighted by molar-refractivity contribution is 5.97. The number of nitrogen functional groups attached to an aromatic ring is 1. The minimum absolute atomic E-state index is 0.141. The molecule has 0 aromatic carbocycles. The van der Waals surface area contributed by atoms with Crippen molar-refractivity contribution in [1.29, 1.82) is 0 Å². The normalized spacial score (nSPS) is 10.6. The number of carbonyl (C=O) groups is 1. The molecule has 1 rings (SSSR count). The molecule has 0 radical (unpaired) electrons. The van der Waals surface area contributed by atoms with E-state index in [0.29, 0.717) is 11.4 Å². The zero-order valence-corrected chi connectivity index (χ0v) is 8.98. The van der Waals surface area contributed by atoms with Crippen molar-refractivity contribution in [3.8, 4) is 0 Å². The summed E-state index contributed by atoms with van der Waals surface area (Å²) in [6.45, 7) is 3.88. The predicted octanol–water partition coefficient (Wildman–Crippen LogP) is 0.483. The fraction of sp³-hybridized carbons (Fsp3) is 0.556. The molecule has 2 N–H and O–H groups in total. The Morgan fingerprint density at radius 3 is 2.57 bits per heavy atom. The standard InChI is InChI=1S/C9H16N4O/c1-6(2)13(4)9(14)8-7(10)5-12(3)11-8/h5-6H,10H2,1-4H3. The van der Waals surface area contributed by atoms with Crippen LogP contribution in [0.5, 0.6) is 0 Å². The molecule has 1 amide bonds. The van der Waals surface area contributed by atoms with E-state index in [1.165, 1.54) is 4.68 Å². The molecule has 0 atom stereocenters. The first kappa shape index (κ1) is 10.6. The summed E-state index contributed by atoms with van der Waals surface area (Å²) in [5.74, 6) is -0.141. The number of hydrogen-bond acceptors (Lipinski definition) is 3. The maximum Gasteiger partial charge on any atom is 0.276 e. The molecule has 0 bridgehead atoms. The highest BCUT2D eigenvalue weighted by atomic mass is 16.2. The van der Waals surface area contributed by atoms with Crippen LogP contribution in [-0.4, -0.2) is 33.7 Å². The third-order valence-electron chi connectivity index (χ3n) is 2.15. The van der Waals surface area contributed by atoms with Crippen LogP contribution in [0.15, 0.2) is 6.20 Å². The molecule has 78 valence electrons. The monoisotopic (exact) mass is 196 g/mol. The second-order valence-corrected chi connectivity index (χ2v) is 3.62. The molecule has 0 aliphatic heterocycles. The summed E-state index contributed by atoms with van der Waals surface area (Å²) in [5.41, 5.74) is 6.39. The largest absolute Gasteiger partial charge is 0.396 e. The van der Waals surface area contributed by atoms with Crippen LogP contribution in [0, 0.1) is 0 Å². The molecule has 0 aliphatic rings. The van der Waals surface area contributed by atoms with Crippen molar-refractivity contribution in [3.05, 3.63) is 11.9 Å². The van der Waals surface area contributed by atoms with Crippen LogP contribution in [-0.2, 0) is 7.05 Å². The van der Waals surface area contributed by atoms with Gasteiger partial charge in [-0.2, -0.15) is 5.10 Å². The van der Waals surface area contributed by atoms with Gasteiger partial charge in [-0.3, -0.25) is 9.48 Å². The highest BCUT2D eigenvalue weighted by Gasteiger charge is 2.19. The molecule has 0 unspecified atom stereocenters. The van der Waals surface area contributed by atoms with Gasteiger partial charge < -0.3 is 10.6 Å². The van der Waals surface area contributed by atoms with Crippen LogP contribution in [0.3, 0.4) is 0 Å². The number of anilines is 1. The lowest BCUT2D eigenvalue weighted by Crippen LogP contribution is -2.33. The van der Waals surface area contributed by atoms with Gasteiger partial charge in [0.05, 0.1) is 5.69 Å². The Bertz CT molecular complexity index is 343. The fourth-order valence-corrected chi connectivity index (χ4v) is 1.07. The smallest absolute Gasteiger partial charge is 0.276 e. The molecule has 0 aliphatic carbocycles. The van der Waals surface area contributed by atoms with Crippen LogP contribution >= 0.6 is 0 Å². The fourth-order valence-electron chi connectivity index (χ4n) is 1.07. The topological polar surface area (TPSA) is 64.2 Å². The first-order valence-corrected chi connectivity index (χ1v) is 4.49. The van der Waals surface area contributed by atoms with Gasteiger partial charge in [-0.05, 0) is 13.8 Å². The average molecular weight is 196 g/mol. The van der Waals surface area contributed by atoms with Crippen molar-refractivity contribution < 1.29 is 4.79 Å². The van der Waals surface area contributed by atoms with Gasteiger partial charge in [-0.1, -0.05) is 0 Å². The summed E-state index contributed by atoms with van der Waals surface area (Å²) in [6, 6.07) is 0.143. The molecule has 0 saturated heterocycles. The Kier molecular flexibility index (Phi) is 2.78. The van der Waals surface area contributed by atoms with E-state index in [2.05, 4.69) is 5.10 Å². The Morgan fingerprint density at radius 2 is 2.21 bits per heavy atom. The lowest BCUT2D eigenvalue weighted by molar-refractivity contribution is 0.0749. The van der Waals surface area contributed by atoms with E-state index in [9.17, 15) is 4.79 Å².